The fraction of sp³-hybridized carbons (Fsp3) is 0.0769. The van der Waals surface area contributed by atoms with Gasteiger partial charge in [0.1, 0.15) is 5.82 Å². The van der Waals surface area contributed by atoms with Crippen molar-refractivity contribution >= 4 is 17.3 Å². The highest BCUT2D eigenvalue weighted by molar-refractivity contribution is 6.33. The fourth-order valence-corrected chi connectivity index (χ4v) is 1.89. The van der Waals surface area contributed by atoms with Crippen LogP contribution >= 0.6 is 11.6 Å². The third-order valence-corrected chi connectivity index (χ3v) is 2.88. The van der Waals surface area contributed by atoms with Crippen LogP contribution in [0, 0.1) is 11.6 Å². The minimum absolute atomic E-state index is 0.0484. The van der Waals surface area contributed by atoms with E-state index in [4.69, 9.17) is 22.1 Å². The van der Waals surface area contributed by atoms with E-state index in [0.29, 0.717) is 0 Å². The SMILES string of the molecule is COc1cccc(-c2cc(F)cc(Cl)c2N)c1F. The number of nitrogens with two attached hydrogens (primary N) is 1. The molecule has 2 nitrogen and oxygen atoms in total. The van der Waals surface area contributed by atoms with Crippen molar-refractivity contribution in [3.63, 3.8) is 0 Å². The van der Waals surface area contributed by atoms with Crippen molar-refractivity contribution < 1.29 is 13.5 Å². The minimum Gasteiger partial charge on any atom is -0.494 e. The first-order chi connectivity index (χ1) is 8.54. The molecule has 0 atom stereocenters. The van der Waals surface area contributed by atoms with Crippen LogP contribution in [0.4, 0.5) is 14.5 Å². The zero-order chi connectivity index (χ0) is 13.3. The molecule has 2 rings (SSSR count). The molecule has 0 radical (unpaired) electrons. The topological polar surface area (TPSA) is 35.2 Å². The Bertz CT molecular complexity index is 602. The Balaban J connectivity index is 2.69. The molecule has 0 aliphatic heterocycles. The van der Waals surface area contributed by atoms with E-state index in [0.717, 1.165) is 12.1 Å². The first-order valence-corrected chi connectivity index (χ1v) is 5.49. The van der Waals surface area contributed by atoms with Gasteiger partial charge < -0.3 is 10.5 Å². The van der Waals surface area contributed by atoms with Gasteiger partial charge in [-0.25, -0.2) is 8.78 Å². The summed E-state index contributed by atoms with van der Waals surface area (Å²) in [6.45, 7) is 0. The Morgan fingerprint density at radius 1 is 1.17 bits per heavy atom. The van der Waals surface area contributed by atoms with E-state index in [-0.39, 0.29) is 27.6 Å². The van der Waals surface area contributed by atoms with E-state index >= 15 is 0 Å². The number of halogens is 3. The molecule has 5 heteroatoms. The molecule has 2 N–H and O–H groups in total. The summed E-state index contributed by atoms with van der Waals surface area (Å²) in [5.41, 5.74) is 6.22. The number of benzene rings is 2. The molecule has 0 spiro atoms. The lowest BCUT2D eigenvalue weighted by Crippen LogP contribution is -1.96. The number of ether oxygens (including phenoxy) is 1. The van der Waals surface area contributed by atoms with Crippen LogP contribution in [0.25, 0.3) is 11.1 Å². The van der Waals surface area contributed by atoms with Crippen LogP contribution in [-0.2, 0) is 0 Å². The van der Waals surface area contributed by atoms with E-state index in [1.54, 1.807) is 6.07 Å². The Hall–Kier alpha value is -1.81. The van der Waals surface area contributed by atoms with Crippen molar-refractivity contribution in [3.8, 4) is 16.9 Å². The number of hydrogen-bond acceptors (Lipinski definition) is 2. The van der Waals surface area contributed by atoms with E-state index in [2.05, 4.69) is 0 Å². The molecule has 0 aromatic heterocycles. The van der Waals surface area contributed by atoms with Crippen molar-refractivity contribution in [3.05, 3.63) is 47.0 Å². The van der Waals surface area contributed by atoms with Gasteiger partial charge in [0.25, 0.3) is 0 Å². The predicted molar refractivity (Wildman–Crippen MR) is 67.8 cm³/mol. The second-order valence-electron chi connectivity index (χ2n) is 3.67. The predicted octanol–water partition coefficient (Wildman–Crippen LogP) is 3.88. The molecule has 0 fully saturated rings. The second-order valence-corrected chi connectivity index (χ2v) is 4.08. The average molecular weight is 270 g/mol. The van der Waals surface area contributed by atoms with Gasteiger partial charge in [-0.2, -0.15) is 0 Å². The van der Waals surface area contributed by atoms with Gasteiger partial charge in [0.2, 0.25) is 0 Å². The molecule has 2 aromatic rings. The molecular weight excluding hydrogens is 260 g/mol. The van der Waals surface area contributed by atoms with Crippen LogP contribution < -0.4 is 10.5 Å². The first kappa shape index (κ1) is 12.6. The van der Waals surface area contributed by atoms with Crippen molar-refractivity contribution in [2.45, 2.75) is 0 Å². The maximum absolute atomic E-state index is 14.1. The maximum atomic E-state index is 14.1. The van der Waals surface area contributed by atoms with Crippen molar-refractivity contribution in [1.29, 1.82) is 0 Å². The Morgan fingerprint density at radius 3 is 2.56 bits per heavy atom. The van der Waals surface area contributed by atoms with Crippen LogP contribution in [0.1, 0.15) is 0 Å². The van der Waals surface area contributed by atoms with Gasteiger partial charge in [-0.3, -0.25) is 0 Å². The Labute approximate surface area is 108 Å². The maximum Gasteiger partial charge on any atom is 0.172 e. The molecule has 0 aliphatic rings. The molecule has 0 unspecified atom stereocenters. The molecule has 0 amide bonds. The smallest absolute Gasteiger partial charge is 0.172 e. The van der Waals surface area contributed by atoms with Gasteiger partial charge in [0.15, 0.2) is 11.6 Å². The second kappa shape index (κ2) is 4.82. The normalized spacial score (nSPS) is 10.4. The number of methoxy groups -OCH3 is 1. The van der Waals surface area contributed by atoms with Crippen LogP contribution in [0.2, 0.25) is 5.02 Å². The van der Waals surface area contributed by atoms with Crippen molar-refractivity contribution in [1.82, 2.24) is 0 Å². The average Bonchev–Trinajstić information content (AvgIpc) is 2.34. The monoisotopic (exact) mass is 269 g/mol. The number of nitrogen functional groups attached to an aromatic ring is 1. The molecule has 0 saturated carbocycles. The molecule has 2 aromatic carbocycles. The van der Waals surface area contributed by atoms with Crippen LogP contribution in [0.15, 0.2) is 30.3 Å². The summed E-state index contributed by atoms with van der Waals surface area (Å²) in [6.07, 6.45) is 0. The van der Waals surface area contributed by atoms with Gasteiger partial charge in [-0.05, 0) is 18.2 Å². The lowest BCUT2D eigenvalue weighted by atomic mass is 10.0. The molecule has 0 aliphatic carbocycles. The summed E-state index contributed by atoms with van der Waals surface area (Å²) < 4.78 is 32.2. The van der Waals surface area contributed by atoms with Gasteiger partial charge in [-0.15, -0.1) is 0 Å². The van der Waals surface area contributed by atoms with E-state index < -0.39 is 11.6 Å². The molecule has 0 bridgehead atoms. The third kappa shape index (κ3) is 2.11. The van der Waals surface area contributed by atoms with Gasteiger partial charge in [0.05, 0.1) is 17.8 Å². The highest BCUT2D eigenvalue weighted by Crippen LogP contribution is 2.36. The fourth-order valence-electron chi connectivity index (χ4n) is 1.68. The minimum atomic E-state index is -0.603. The van der Waals surface area contributed by atoms with E-state index in [9.17, 15) is 8.78 Å². The number of hydrogen-bond donors (Lipinski definition) is 1. The van der Waals surface area contributed by atoms with Gasteiger partial charge in [-0.1, -0.05) is 23.7 Å². The summed E-state index contributed by atoms with van der Waals surface area (Å²) in [4.78, 5) is 0. The molecule has 94 valence electrons. The zero-order valence-electron chi connectivity index (χ0n) is 9.51. The molecule has 18 heavy (non-hydrogen) atoms. The van der Waals surface area contributed by atoms with Gasteiger partial charge in [0, 0.05) is 11.1 Å². The zero-order valence-corrected chi connectivity index (χ0v) is 10.3. The molecule has 0 saturated heterocycles. The Morgan fingerprint density at radius 2 is 1.89 bits per heavy atom. The lowest BCUT2D eigenvalue weighted by molar-refractivity contribution is 0.387. The highest BCUT2D eigenvalue weighted by Gasteiger charge is 2.15. The highest BCUT2D eigenvalue weighted by atomic mass is 35.5. The van der Waals surface area contributed by atoms with Gasteiger partial charge >= 0.3 is 0 Å². The summed E-state index contributed by atoms with van der Waals surface area (Å²) in [7, 11) is 1.35. The van der Waals surface area contributed by atoms with E-state index in [1.165, 1.54) is 19.2 Å². The Kier molecular flexibility index (Phi) is 3.39. The number of anilines is 1. The lowest BCUT2D eigenvalue weighted by Gasteiger charge is -2.11. The van der Waals surface area contributed by atoms with Crippen LogP contribution in [0.5, 0.6) is 5.75 Å². The summed E-state index contributed by atoms with van der Waals surface area (Å²) in [5, 5.41) is 0.0484. The van der Waals surface area contributed by atoms with Crippen LogP contribution in [0.3, 0.4) is 0 Å². The summed E-state index contributed by atoms with van der Waals surface area (Å²) in [6, 6.07) is 6.77. The van der Waals surface area contributed by atoms with Crippen LogP contribution in [-0.4, -0.2) is 7.11 Å². The summed E-state index contributed by atoms with van der Waals surface area (Å²) >= 11 is 5.78. The summed E-state index contributed by atoms with van der Waals surface area (Å²) in [5.74, 6) is -1.12. The standard InChI is InChI=1S/C13H10ClF2NO/c1-18-11-4-2-3-8(12(11)16)9-5-7(15)6-10(14)13(9)17/h2-6H,17H2,1H3. The third-order valence-electron chi connectivity index (χ3n) is 2.57. The quantitative estimate of drug-likeness (QED) is 0.840. The molecule has 0 heterocycles. The van der Waals surface area contributed by atoms with Crippen molar-refractivity contribution in [2.24, 2.45) is 0 Å². The first-order valence-electron chi connectivity index (χ1n) is 5.12. The molecular formula is C13H10ClF2NO. The largest absolute Gasteiger partial charge is 0.494 e. The van der Waals surface area contributed by atoms with Crippen molar-refractivity contribution in [2.75, 3.05) is 12.8 Å². The number of rotatable bonds is 2. The van der Waals surface area contributed by atoms with E-state index in [1.807, 2.05) is 0 Å².